The molecule has 0 bridgehead atoms. The van der Waals surface area contributed by atoms with E-state index in [0.29, 0.717) is 5.56 Å². The second kappa shape index (κ2) is 6.80. The smallest absolute Gasteiger partial charge is 0.387 e. The van der Waals surface area contributed by atoms with Crippen molar-refractivity contribution in [2.45, 2.75) is 12.7 Å². The van der Waals surface area contributed by atoms with Gasteiger partial charge in [0.05, 0.1) is 6.10 Å². The molecule has 1 atom stereocenters. The lowest BCUT2D eigenvalue weighted by Crippen LogP contribution is -2.28. The number of rotatable bonds is 6. The molecule has 0 saturated heterocycles. The predicted octanol–water partition coefficient (Wildman–Crippen LogP) is 1.74. The van der Waals surface area contributed by atoms with E-state index >= 15 is 0 Å². The molecule has 1 aromatic heterocycles. The monoisotopic (exact) mass is 298 g/mol. The van der Waals surface area contributed by atoms with Crippen LogP contribution in [-0.4, -0.2) is 29.3 Å². The second-order valence-electron chi connectivity index (χ2n) is 4.06. The molecule has 6 nitrogen and oxygen atoms in total. The summed E-state index contributed by atoms with van der Waals surface area (Å²) < 4.78 is 33.0. The lowest BCUT2D eigenvalue weighted by Gasteiger charge is -2.13. The predicted molar refractivity (Wildman–Crippen MR) is 66.9 cm³/mol. The van der Waals surface area contributed by atoms with Crippen LogP contribution in [0.5, 0.6) is 5.75 Å². The van der Waals surface area contributed by atoms with Crippen molar-refractivity contribution >= 4 is 5.91 Å². The van der Waals surface area contributed by atoms with Gasteiger partial charge >= 0.3 is 6.61 Å². The summed E-state index contributed by atoms with van der Waals surface area (Å²) in [5.41, 5.74) is 0.422. The van der Waals surface area contributed by atoms with Crippen molar-refractivity contribution in [1.82, 2.24) is 10.5 Å². The molecule has 0 aliphatic rings. The van der Waals surface area contributed by atoms with Gasteiger partial charge in [-0.25, -0.2) is 0 Å². The SMILES string of the molecule is O=C(NCC(O)c1cccc(OC(F)F)c1)c1ccon1. The number of hydrogen-bond donors (Lipinski definition) is 2. The number of aliphatic hydroxyl groups is 1. The van der Waals surface area contributed by atoms with Gasteiger partial charge in [0.2, 0.25) is 0 Å². The van der Waals surface area contributed by atoms with Crippen LogP contribution in [0, 0.1) is 0 Å². The number of nitrogens with one attached hydrogen (secondary N) is 1. The van der Waals surface area contributed by atoms with Crippen molar-refractivity contribution in [3.63, 3.8) is 0 Å². The number of aliphatic hydroxyl groups excluding tert-OH is 1. The van der Waals surface area contributed by atoms with E-state index in [-0.39, 0.29) is 18.0 Å². The van der Waals surface area contributed by atoms with Crippen molar-refractivity contribution in [2.24, 2.45) is 0 Å². The third-order valence-electron chi connectivity index (χ3n) is 2.59. The maximum Gasteiger partial charge on any atom is 0.387 e. The zero-order chi connectivity index (χ0) is 15.2. The first-order valence-electron chi connectivity index (χ1n) is 5.97. The standard InChI is InChI=1S/C13H12F2N2O4/c14-13(15)21-9-3-1-2-8(6-9)11(18)7-16-12(19)10-4-5-20-17-10/h1-6,11,13,18H,7H2,(H,16,19). The van der Waals surface area contributed by atoms with E-state index in [1.54, 1.807) is 0 Å². The number of ether oxygens (including phenoxy) is 1. The van der Waals surface area contributed by atoms with Gasteiger partial charge in [0.1, 0.15) is 12.0 Å². The fourth-order valence-electron chi connectivity index (χ4n) is 1.63. The maximum atomic E-state index is 12.1. The summed E-state index contributed by atoms with van der Waals surface area (Å²) >= 11 is 0. The zero-order valence-electron chi connectivity index (χ0n) is 10.7. The van der Waals surface area contributed by atoms with Crippen LogP contribution in [0.3, 0.4) is 0 Å². The zero-order valence-corrected chi connectivity index (χ0v) is 10.7. The molecular weight excluding hydrogens is 286 g/mol. The Bertz CT molecular complexity index is 590. The fraction of sp³-hybridized carbons (Fsp3) is 0.231. The molecule has 112 valence electrons. The van der Waals surface area contributed by atoms with E-state index in [0.717, 1.165) is 0 Å². The van der Waals surface area contributed by atoms with Gasteiger partial charge < -0.3 is 19.7 Å². The number of nitrogens with zero attached hydrogens (tertiary/aromatic N) is 1. The average Bonchev–Trinajstić information content (AvgIpc) is 2.98. The minimum absolute atomic E-state index is 0.0654. The van der Waals surface area contributed by atoms with Gasteiger partial charge in [-0.05, 0) is 17.7 Å². The van der Waals surface area contributed by atoms with Gasteiger partial charge in [-0.1, -0.05) is 17.3 Å². The maximum absolute atomic E-state index is 12.1. The Morgan fingerprint density at radius 1 is 1.43 bits per heavy atom. The Hall–Kier alpha value is -2.48. The lowest BCUT2D eigenvalue weighted by molar-refractivity contribution is -0.0499. The van der Waals surface area contributed by atoms with Crippen LogP contribution in [0.4, 0.5) is 8.78 Å². The molecule has 0 aliphatic carbocycles. The van der Waals surface area contributed by atoms with E-state index in [1.807, 2.05) is 0 Å². The Balaban J connectivity index is 1.94. The number of amides is 1. The van der Waals surface area contributed by atoms with Crippen LogP contribution < -0.4 is 10.1 Å². The summed E-state index contributed by atoms with van der Waals surface area (Å²) in [6.07, 6.45) is 0.179. The highest BCUT2D eigenvalue weighted by molar-refractivity contribution is 5.91. The third kappa shape index (κ3) is 4.25. The van der Waals surface area contributed by atoms with E-state index in [2.05, 4.69) is 19.7 Å². The summed E-state index contributed by atoms with van der Waals surface area (Å²) in [4.78, 5) is 11.6. The van der Waals surface area contributed by atoms with E-state index in [9.17, 15) is 18.7 Å². The molecule has 1 aromatic carbocycles. The number of halogens is 2. The van der Waals surface area contributed by atoms with Crippen molar-refractivity contribution in [2.75, 3.05) is 6.54 Å². The van der Waals surface area contributed by atoms with Crippen LogP contribution in [0.15, 0.2) is 41.1 Å². The summed E-state index contributed by atoms with van der Waals surface area (Å²) in [6.45, 7) is -3.05. The van der Waals surface area contributed by atoms with Gasteiger partial charge in [-0.3, -0.25) is 4.79 Å². The third-order valence-corrected chi connectivity index (χ3v) is 2.59. The normalized spacial score (nSPS) is 12.2. The molecule has 2 rings (SSSR count). The van der Waals surface area contributed by atoms with Crippen LogP contribution in [0.1, 0.15) is 22.2 Å². The highest BCUT2D eigenvalue weighted by atomic mass is 19.3. The molecule has 8 heteroatoms. The average molecular weight is 298 g/mol. The van der Waals surface area contributed by atoms with Crippen LogP contribution in [0.2, 0.25) is 0 Å². The molecule has 2 N–H and O–H groups in total. The van der Waals surface area contributed by atoms with Crippen LogP contribution >= 0.6 is 0 Å². The lowest BCUT2D eigenvalue weighted by atomic mass is 10.1. The first kappa shape index (κ1) is 14.9. The Kier molecular flexibility index (Phi) is 4.83. The van der Waals surface area contributed by atoms with Gasteiger partial charge in [0, 0.05) is 12.6 Å². The highest BCUT2D eigenvalue weighted by Gasteiger charge is 2.14. The molecule has 0 spiro atoms. The van der Waals surface area contributed by atoms with Gasteiger partial charge in [-0.2, -0.15) is 8.78 Å². The quantitative estimate of drug-likeness (QED) is 0.848. The Morgan fingerprint density at radius 2 is 2.24 bits per heavy atom. The minimum atomic E-state index is -2.94. The van der Waals surface area contributed by atoms with Gasteiger partial charge in [0.15, 0.2) is 5.69 Å². The summed E-state index contributed by atoms with van der Waals surface area (Å²) in [5.74, 6) is -0.577. The molecular formula is C13H12F2N2O4. The Morgan fingerprint density at radius 3 is 2.90 bits per heavy atom. The molecule has 1 amide bonds. The van der Waals surface area contributed by atoms with E-state index < -0.39 is 18.6 Å². The van der Waals surface area contributed by atoms with Crippen molar-refractivity contribution in [3.05, 3.63) is 47.9 Å². The first-order chi connectivity index (χ1) is 10.1. The van der Waals surface area contributed by atoms with Crippen molar-refractivity contribution in [3.8, 4) is 5.75 Å². The molecule has 21 heavy (non-hydrogen) atoms. The molecule has 0 radical (unpaired) electrons. The van der Waals surface area contributed by atoms with Crippen molar-refractivity contribution in [1.29, 1.82) is 0 Å². The Labute approximate surface area is 118 Å². The number of benzene rings is 1. The highest BCUT2D eigenvalue weighted by Crippen LogP contribution is 2.20. The van der Waals surface area contributed by atoms with E-state index in [4.69, 9.17) is 0 Å². The number of carbonyl (C=O) groups is 1. The molecule has 2 aromatic rings. The molecule has 1 heterocycles. The van der Waals surface area contributed by atoms with Gasteiger partial charge in [-0.15, -0.1) is 0 Å². The fourth-order valence-corrected chi connectivity index (χ4v) is 1.63. The molecule has 0 aliphatic heterocycles. The summed E-state index contributed by atoms with van der Waals surface area (Å²) in [5, 5.41) is 15.8. The summed E-state index contributed by atoms with van der Waals surface area (Å²) in [7, 11) is 0. The molecule has 0 fully saturated rings. The topological polar surface area (TPSA) is 84.6 Å². The second-order valence-corrected chi connectivity index (χ2v) is 4.06. The summed E-state index contributed by atoms with van der Waals surface area (Å²) in [6, 6.07) is 7.00. The number of hydrogen-bond acceptors (Lipinski definition) is 5. The van der Waals surface area contributed by atoms with Crippen LogP contribution in [-0.2, 0) is 0 Å². The first-order valence-corrected chi connectivity index (χ1v) is 5.97. The van der Waals surface area contributed by atoms with Crippen LogP contribution in [0.25, 0.3) is 0 Å². The van der Waals surface area contributed by atoms with E-state index in [1.165, 1.54) is 36.6 Å². The number of carbonyl (C=O) groups excluding carboxylic acids is 1. The number of aromatic nitrogens is 1. The molecule has 0 saturated carbocycles. The molecule has 1 unspecified atom stereocenters. The van der Waals surface area contributed by atoms with Crippen molar-refractivity contribution < 1.29 is 27.9 Å². The van der Waals surface area contributed by atoms with Gasteiger partial charge in [0.25, 0.3) is 5.91 Å². The minimum Gasteiger partial charge on any atom is -0.435 e. The largest absolute Gasteiger partial charge is 0.435 e. The number of alkyl halides is 2.